The SMILES string of the molecule is CCCCCC=C=CCOC(=O)NS(=O)(=O)c1ccc(C)cc1. The second kappa shape index (κ2) is 9.87. The van der Waals surface area contributed by atoms with Gasteiger partial charge in [0.05, 0.1) is 4.90 Å². The molecule has 23 heavy (non-hydrogen) atoms. The molecule has 0 heterocycles. The van der Waals surface area contributed by atoms with Crippen LogP contribution in [0.4, 0.5) is 4.79 Å². The van der Waals surface area contributed by atoms with Gasteiger partial charge in [-0.25, -0.2) is 17.9 Å². The maximum atomic E-state index is 11.9. The maximum absolute atomic E-state index is 11.9. The van der Waals surface area contributed by atoms with E-state index in [1.165, 1.54) is 18.6 Å². The second-order valence-electron chi connectivity index (χ2n) is 5.09. The van der Waals surface area contributed by atoms with Gasteiger partial charge in [0.1, 0.15) is 6.61 Å². The average Bonchev–Trinajstić information content (AvgIpc) is 2.50. The molecule has 0 spiro atoms. The van der Waals surface area contributed by atoms with Crippen molar-refractivity contribution in [3.8, 4) is 0 Å². The van der Waals surface area contributed by atoms with Gasteiger partial charge in [0, 0.05) is 0 Å². The van der Waals surface area contributed by atoms with Crippen LogP contribution in [-0.4, -0.2) is 21.1 Å². The number of amides is 1. The van der Waals surface area contributed by atoms with E-state index in [-0.39, 0.29) is 11.5 Å². The lowest BCUT2D eigenvalue weighted by molar-refractivity contribution is 0.165. The fraction of sp³-hybridized carbons (Fsp3) is 0.412. The van der Waals surface area contributed by atoms with Crippen molar-refractivity contribution < 1.29 is 17.9 Å². The van der Waals surface area contributed by atoms with E-state index in [2.05, 4.69) is 12.7 Å². The number of hydrogen-bond acceptors (Lipinski definition) is 4. The van der Waals surface area contributed by atoms with Crippen molar-refractivity contribution in [1.82, 2.24) is 4.72 Å². The van der Waals surface area contributed by atoms with Crippen LogP contribution in [0.3, 0.4) is 0 Å². The standard InChI is InChI=1S/C17H23NO4S/c1-3-4-5-6-7-8-9-14-22-17(19)18-23(20,21)16-12-10-15(2)11-13-16/h7,9-13H,3-6,14H2,1-2H3,(H,18,19). The predicted molar refractivity (Wildman–Crippen MR) is 89.6 cm³/mol. The third kappa shape index (κ3) is 7.68. The zero-order valence-corrected chi connectivity index (χ0v) is 14.4. The molecule has 1 N–H and O–H groups in total. The van der Waals surface area contributed by atoms with Gasteiger partial charge in [0.2, 0.25) is 0 Å². The van der Waals surface area contributed by atoms with E-state index < -0.39 is 16.1 Å². The molecule has 1 aromatic carbocycles. The van der Waals surface area contributed by atoms with Crippen molar-refractivity contribution in [1.29, 1.82) is 0 Å². The van der Waals surface area contributed by atoms with E-state index in [9.17, 15) is 13.2 Å². The Morgan fingerprint density at radius 3 is 2.57 bits per heavy atom. The lowest BCUT2D eigenvalue weighted by atomic mass is 10.2. The minimum Gasteiger partial charge on any atom is -0.444 e. The van der Waals surface area contributed by atoms with Gasteiger partial charge in [-0.1, -0.05) is 37.5 Å². The molecule has 0 bridgehead atoms. The first-order valence-electron chi connectivity index (χ1n) is 7.61. The first kappa shape index (κ1) is 19.0. The molecule has 0 saturated carbocycles. The molecule has 0 aliphatic heterocycles. The average molecular weight is 337 g/mol. The van der Waals surface area contributed by atoms with Gasteiger partial charge in [-0.05, 0) is 44.1 Å². The number of sulfonamides is 1. The van der Waals surface area contributed by atoms with Crippen molar-refractivity contribution in [3.05, 3.63) is 47.7 Å². The number of carbonyl (C=O) groups excluding carboxylic acids is 1. The van der Waals surface area contributed by atoms with Crippen molar-refractivity contribution in [2.75, 3.05) is 6.61 Å². The van der Waals surface area contributed by atoms with Crippen molar-refractivity contribution >= 4 is 16.1 Å². The summed E-state index contributed by atoms with van der Waals surface area (Å²) in [4.78, 5) is 11.5. The number of rotatable bonds is 8. The highest BCUT2D eigenvalue weighted by molar-refractivity contribution is 7.90. The molecule has 0 aliphatic rings. The van der Waals surface area contributed by atoms with Crippen molar-refractivity contribution in [2.24, 2.45) is 0 Å². The number of nitrogens with one attached hydrogen (secondary N) is 1. The molecular weight excluding hydrogens is 314 g/mol. The van der Waals surface area contributed by atoms with E-state index >= 15 is 0 Å². The van der Waals surface area contributed by atoms with Crippen LogP contribution in [0.25, 0.3) is 0 Å². The summed E-state index contributed by atoms with van der Waals surface area (Å²) < 4.78 is 30.5. The Labute approximate surface area is 138 Å². The molecule has 0 unspecified atom stereocenters. The number of benzene rings is 1. The van der Waals surface area contributed by atoms with E-state index in [1.807, 2.05) is 17.7 Å². The summed E-state index contributed by atoms with van der Waals surface area (Å²) in [6.45, 7) is 3.95. The number of ether oxygens (including phenoxy) is 1. The zero-order valence-electron chi connectivity index (χ0n) is 13.5. The molecule has 0 fully saturated rings. The van der Waals surface area contributed by atoms with Gasteiger partial charge in [-0.15, -0.1) is 5.73 Å². The summed E-state index contributed by atoms with van der Waals surface area (Å²) >= 11 is 0. The zero-order chi connectivity index (χ0) is 17.1. The molecule has 6 heteroatoms. The number of unbranched alkanes of at least 4 members (excludes halogenated alkanes) is 3. The third-order valence-electron chi connectivity index (χ3n) is 3.03. The summed E-state index contributed by atoms with van der Waals surface area (Å²) in [6.07, 6.45) is 6.79. The molecule has 5 nitrogen and oxygen atoms in total. The Balaban J connectivity index is 2.41. The molecule has 126 valence electrons. The highest BCUT2D eigenvalue weighted by Crippen LogP contribution is 2.09. The molecule has 1 aromatic rings. The summed E-state index contributed by atoms with van der Waals surface area (Å²) in [7, 11) is -3.90. The first-order valence-corrected chi connectivity index (χ1v) is 9.09. The van der Waals surface area contributed by atoms with Crippen molar-refractivity contribution in [3.63, 3.8) is 0 Å². The molecule has 1 amide bonds. The van der Waals surface area contributed by atoms with Gasteiger partial charge in [0.15, 0.2) is 0 Å². The Bertz CT molecular complexity index is 656. The number of carbonyl (C=O) groups is 1. The molecule has 0 radical (unpaired) electrons. The van der Waals surface area contributed by atoms with Gasteiger partial charge < -0.3 is 4.74 Å². The fourth-order valence-electron chi connectivity index (χ4n) is 1.74. The van der Waals surface area contributed by atoms with Gasteiger partial charge in [-0.2, -0.15) is 0 Å². The first-order chi connectivity index (χ1) is 11.0. The van der Waals surface area contributed by atoms with Crippen LogP contribution >= 0.6 is 0 Å². The summed E-state index contributed by atoms with van der Waals surface area (Å²) in [5, 5.41) is 0. The number of hydrogen-bond donors (Lipinski definition) is 1. The van der Waals surface area contributed by atoms with Gasteiger partial charge >= 0.3 is 6.09 Å². The summed E-state index contributed by atoms with van der Waals surface area (Å²) in [5.41, 5.74) is 3.83. The summed E-state index contributed by atoms with van der Waals surface area (Å²) in [6, 6.07) is 6.19. The normalized spacial score (nSPS) is 10.5. The highest BCUT2D eigenvalue weighted by Gasteiger charge is 2.17. The van der Waals surface area contributed by atoms with Gasteiger partial charge in [0.25, 0.3) is 10.0 Å². The molecule has 0 aromatic heterocycles. The van der Waals surface area contributed by atoms with E-state index in [0.29, 0.717) is 0 Å². The van der Waals surface area contributed by atoms with Gasteiger partial charge in [-0.3, -0.25) is 0 Å². The topological polar surface area (TPSA) is 72.5 Å². The Morgan fingerprint density at radius 2 is 1.91 bits per heavy atom. The predicted octanol–water partition coefficient (Wildman–Crippen LogP) is 3.70. The Hall–Kier alpha value is -2.04. The van der Waals surface area contributed by atoms with E-state index in [4.69, 9.17) is 4.74 Å². The molecule has 0 saturated heterocycles. The van der Waals surface area contributed by atoms with Crippen LogP contribution in [-0.2, 0) is 14.8 Å². The molecule has 0 aliphatic carbocycles. The van der Waals surface area contributed by atoms with Crippen molar-refractivity contribution in [2.45, 2.75) is 44.4 Å². The smallest absolute Gasteiger partial charge is 0.421 e. The van der Waals surface area contributed by atoms with Crippen LogP contribution in [0.2, 0.25) is 0 Å². The second-order valence-corrected chi connectivity index (χ2v) is 6.77. The largest absolute Gasteiger partial charge is 0.444 e. The molecular formula is C17H23NO4S. The highest BCUT2D eigenvalue weighted by atomic mass is 32.2. The summed E-state index contributed by atoms with van der Waals surface area (Å²) in [5.74, 6) is 0. The maximum Gasteiger partial charge on any atom is 0.421 e. The lowest BCUT2D eigenvalue weighted by Gasteiger charge is -2.06. The fourth-order valence-corrected chi connectivity index (χ4v) is 2.63. The van der Waals surface area contributed by atoms with Crippen LogP contribution < -0.4 is 4.72 Å². The minimum atomic E-state index is -3.90. The number of aryl methyl sites for hydroxylation is 1. The van der Waals surface area contributed by atoms with Crippen LogP contribution in [0.1, 0.15) is 38.2 Å². The Morgan fingerprint density at radius 1 is 1.22 bits per heavy atom. The monoisotopic (exact) mass is 337 g/mol. The van der Waals surface area contributed by atoms with Crippen LogP contribution in [0.5, 0.6) is 0 Å². The molecule has 0 atom stereocenters. The quantitative estimate of drug-likeness (QED) is 0.580. The minimum absolute atomic E-state index is 0.0198. The molecule has 1 rings (SSSR count). The Kier molecular flexibility index (Phi) is 8.16. The lowest BCUT2D eigenvalue weighted by Crippen LogP contribution is -2.31. The van der Waals surface area contributed by atoms with E-state index in [1.54, 1.807) is 18.2 Å². The van der Waals surface area contributed by atoms with Crippen LogP contribution in [0, 0.1) is 6.92 Å². The third-order valence-corrected chi connectivity index (χ3v) is 4.36. The van der Waals surface area contributed by atoms with E-state index in [0.717, 1.165) is 24.8 Å². The van der Waals surface area contributed by atoms with Crippen LogP contribution in [0.15, 0.2) is 47.0 Å².